The molecule has 1 atom stereocenters. The number of carbonyl (C=O) groups excluding carboxylic acids is 1. The first kappa shape index (κ1) is 19.5. The summed E-state index contributed by atoms with van der Waals surface area (Å²) in [6.45, 7) is 3.50. The van der Waals surface area contributed by atoms with Gasteiger partial charge in [-0.25, -0.2) is 17.2 Å². The summed E-state index contributed by atoms with van der Waals surface area (Å²) >= 11 is 0. The first-order valence-electron chi connectivity index (χ1n) is 7.25. The van der Waals surface area contributed by atoms with Gasteiger partial charge in [0.1, 0.15) is 0 Å². The largest absolute Gasteiger partial charge is 0.466 e. The molecule has 0 aliphatic carbocycles. The lowest BCUT2D eigenvalue weighted by atomic mass is 10.1. The number of nitrogens with zero attached hydrogens (tertiary/aromatic N) is 1. The van der Waals surface area contributed by atoms with Gasteiger partial charge in [-0.3, -0.25) is 4.79 Å². The maximum absolute atomic E-state index is 13.3. The molecule has 0 aliphatic heterocycles. The zero-order valence-electron chi connectivity index (χ0n) is 13.4. The Balaban J connectivity index is 2.71. The van der Waals surface area contributed by atoms with Gasteiger partial charge in [0.2, 0.25) is 10.0 Å². The van der Waals surface area contributed by atoms with Crippen LogP contribution in [0.25, 0.3) is 0 Å². The molecular formula is C15H21F2NO4S. The van der Waals surface area contributed by atoms with Crippen LogP contribution in [0.3, 0.4) is 0 Å². The number of esters is 1. The van der Waals surface area contributed by atoms with Gasteiger partial charge in [-0.2, -0.15) is 4.31 Å². The van der Waals surface area contributed by atoms with Crippen molar-refractivity contribution in [3.8, 4) is 0 Å². The van der Waals surface area contributed by atoms with Crippen molar-refractivity contribution in [3.05, 3.63) is 35.4 Å². The monoisotopic (exact) mass is 349 g/mol. The highest BCUT2D eigenvalue weighted by Gasteiger charge is 2.25. The minimum atomic E-state index is -3.63. The minimum absolute atomic E-state index is 0.0144. The van der Waals surface area contributed by atoms with Crippen molar-refractivity contribution in [1.82, 2.24) is 4.31 Å². The lowest BCUT2D eigenvalue weighted by molar-refractivity contribution is -0.143. The molecule has 5 nitrogen and oxygen atoms in total. The fourth-order valence-corrected chi connectivity index (χ4v) is 3.40. The van der Waals surface area contributed by atoms with Crippen LogP contribution in [0.15, 0.2) is 18.2 Å². The fraction of sp³-hybridized carbons (Fsp3) is 0.533. The van der Waals surface area contributed by atoms with Gasteiger partial charge >= 0.3 is 5.97 Å². The van der Waals surface area contributed by atoms with Gasteiger partial charge < -0.3 is 4.74 Å². The molecule has 0 aromatic heterocycles. The Hall–Kier alpha value is -1.54. The molecule has 23 heavy (non-hydrogen) atoms. The molecule has 8 heteroatoms. The highest BCUT2D eigenvalue weighted by atomic mass is 32.2. The van der Waals surface area contributed by atoms with Crippen molar-refractivity contribution in [2.45, 2.75) is 32.7 Å². The Kier molecular flexibility index (Phi) is 7.08. The van der Waals surface area contributed by atoms with E-state index in [2.05, 4.69) is 0 Å². The Morgan fingerprint density at radius 2 is 1.96 bits per heavy atom. The molecule has 1 rings (SSSR count). The zero-order valence-corrected chi connectivity index (χ0v) is 14.2. The number of ether oxygens (including phenoxy) is 1. The number of sulfonamides is 1. The van der Waals surface area contributed by atoms with E-state index in [0.29, 0.717) is 5.56 Å². The van der Waals surface area contributed by atoms with Crippen LogP contribution in [0.1, 0.15) is 38.3 Å². The third-order valence-corrected chi connectivity index (χ3v) is 5.50. The summed E-state index contributed by atoms with van der Waals surface area (Å²) in [5.41, 5.74) is 0.348. The van der Waals surface area contributed by atoms with Gasteiger partial charge in [0.25, 0.3) is 0 Å². The third-order valence-electron chi connectivity index (χ3n) is 3.50. The molecule has 0 saturated carbocycles. The number of rotatable bonds is 8. The van der Waals surface area contributed by atoms with Crippen LogP contribution >= 0.6 is 0 Å². The number of carbonyl (C=O) groups is 1. The van der Waals surface area contributed by atoms with Crippen LogP contribution in [-0.4, -0.2) is 38.1 Å². The molecule has 0 N–H and O–H groups in total. The van der Waals surface area contributed by atoms with Gasteiger partial charge in [0, 0.05) is 19.5 Å². The topological polar surface area (TPSA) is 63.7 Å². The summed E-state index contributed by atoms with van der Waals surface area (Å²) in [4.78, 5) is 11.2. The number of hydrogen-bond acceptors (Lipinski definition) is 4. The van der Waals surface area contributed by atoms with E-state index in [9.17, 15) is 22.0 Å². The Bertz CT molecular complexity index is 649. The normalized spacial score (nSPS) is 13.1. The third kappa shape index (κ3) is 5.54. The van der Waals surface area contributed by atoms with Crippen molar-refractivity contribution in [2.24, 2.45) is 0 Å². The maximum atomic E-state index is 13.3. The van der Waals surface area contributed by atoms with Crippen LogP contribution in [0.5, 0.6) is 0 Å². The smallest absolute Gasteiger partial charge is 0.305 e. The summed E-state index contributed by atoms with van der Waals surface area (Å²) in [5, 5.41) is 0. The average molecular weight is 349 g/mol. The Morgan fingerprint density at radius 1 is 1.30 bits per heavy atom. The molecule has 0 bridgehead atoms. The summed E-state index contributed by atoms with van der Waals surface area (Å²) < 4.78 is 56.5. The van der Waals surface area contributed by atoms with E-state index >= 15 is 0 Å². The van der Waals surface area contributed by atoms with Crippen molar-refractivity contribution in [1.29, 1.82) is 0 Å². The molecule has 0 spiro atoms. The van der Waals surface area contributed by atoms with Gasteiger partial charge in [-0.1, -0.05) is 6.07 Å². The van der Waals surface area contributed by atoms with E-state index in [1.54, 1.807) is 13.8 Å². The van der Waals surface area contributed by atoms with E-state index < -0.39 is 33.7 Å². The van der Waals surface area contributed by atoms with Crippen molar-refractivity contribution < 1.29 is 26.7 Å². The average Bonchev–Trinajstić information content (AvgIpc) is 2.48. The Morgan fingerprint density at radius 3 is 2.52 bits per heavy atom. The van der Waals surface area contributed by atoms with E-state index in [4.69, 9.17) is 4.74 Å². The lowest BCUT2D eigenvalue weighted by Gasteiger charge is -2.24. The van der Waals surface area contributed by atoms with Crippen molar-refractivity contribution in [2.75, 3.05) is 19.4 Å². The molecule has 0 unspecified atom stereocenters. The molecule has 0 aliphatic rings. The van der Waals surface area contributed by atoms with Crippen LogP contribution in [0, 0.1) is 11.6 Å². The molecular weight excluding hydrogens is 328 g/mol. The molecule has 0 radical (unpaired) electrons. The first-order valence-corrected chi connectivity index (χ1v) is 8.86. The van der Waals surface area contributed by atoms with Crippen LogP contribution in [0.4, 0.5) is 8.78 Å². The van der Waals surface area contributed by atoms with Crippen LogP contribution in [0.2, 0.25) is 0 Å². The van der Waals surface area contributed by atoms with Crippen LogP contribution < -0.4 is 0 Å². The molecule has 0 fully saturated rings. The second-order valence-electron chi connectivity index (χ2n) is 5.09. The number of halogens is 2. The summed E-state index contributed by atoms with van der Waals surface area (Å²) in [7, 11) is -2.27. The quantitative estimate of drug-likeness (QED) is 0.677. The molecule has 1 aromatic carbocycles. The second-order valence-corrected chi connectivity index (χ2v) is 7.24. The van der Waals surface area contributed by atoms with Gasteiger partial charge in [-0.05, 0) is 38.0 Å². The molecule has 0 amide bonds. The predicted octanol–water partition coefficient (Wildman–Crippen LogP) is 2.63. The van der Waals surface area contributed by atoms with E-state index in [0.717, 1.165) is 16.4 Å². The van der Waals surface area contributed by atoms with Gasteiger partial charge in [0.15, 0.2) is 11.6 Å². The number of hydrogen-bond donors (Lipinski definition) is 0. The maximum Gasteiger partial charge on any atom is 0.305 e. The Labute approximate surface area is 135 Å². The second kappa shape index (κ2) is 8.35. The zero-order chi connectivity index (χ0) is 17.6. The fourth-order valence-electron chi connectivity index (χ4n) is 2.00. The summed E-state index contributed by atoms with van der Waals surface area (Å²) in [6, 6.07) is 2.62. The highest BCUT2D eigenvalue weighted by Crippen LogP contribution is 2.23. The van der Waals surface area contributed by atoms with E-state index in [1.165, 1.54) is 13.1 Å². The predicted molar refractivity (Wildman–Crippen MR) is 82.2 cm³/mol. The van der Waals surface area contributed by atoms with Crippen molar-refractivity contribution >= 4 is 16.0 Å². The minimum Gasteiger partial charge on any atom is -0.466 e. The molecule has 0 heterocycles. The first-order chi connectivity index (χ1) is 10.7. The van der Waals surface area contributed by atoms with Gasteiger partial charge in [-0.15, -0.1) is 0 Å². The summed E-state index contributed by atoms with van der Waals surface area (Å²) in [5.74, 6) is -2.68. The van der Waals surface area contributed by atoms with Crippen LogP contribution in [-0.2, 0) is 19.6 Å². The molecule has 0 saturated heterocycles. The van der Waals surface area contributed by atoms with Crippen molar-refractivity contribution in [3.63, 3.8) is 0 Å². The highest BCUT2D eigenvalue weighted by molar-refractivity contribution is 7.89. The SMILES string of the molecule is CCOC(=O)CCCS(=O)(=O)N(C)[C@H](C)c1ccc(F)c(F)c1. The van der Waals surface area contributed by atoms with E-state index in [1.807, 2.05) is 0 Å². The number of benzene rings is 1. The molecule has 130 valence electrons. The summed E-state index contributed by atoms with van der Waals surface area (Å²) in [6.07, 6.45) is 0.149. The molecule has 1 aromatic rings. The standard InChI is InChI=1S/C15H21F2NO4S/c1-4-22-15(19)6-5-9-23(20,21)18(3)11(2)12-7-8-13(16)14(17)10-12/h7-8,10-11H,4-6,9H2,1-3H3/t11-/m1/s1. The van der Waals surface area contributed by atoms with Gasteiger partial charge in [0.05, 0.1) is 12.4 Å². The van der Waals surface area contributed by atoms with E-state index in [-0.39, 0.29) is 25.2 Å². The lowest BCUT2D eigenvalue weighted by Crippen LogP contribution is -2.32.